The maximum atomic E-state index is 2.33. The van der Waals surface area contributed by atoms with Gasteiger partial charge in [-0.1, -0.05) is 34.1 Å². The highest BCUT2D eigenvalue weighted by Gasteiger charge is 2.08. The lowest BCUT2D eigenvalue weighted by atomic mass is 9.94. The summed E-state index contributed by atoms with van der Waals surface area (Å²) in [6.45, 7) is 9.25. The quantitative estimate of drug-likeness (QED) is 0.522. The Bertz CT molecular complexity index is 127. The zero-order valence-corrected chi connectivity index (χ0v) is 12.6. The van der Waals surface area contributed by atoms with E-state index in [1.807, 2.05) is 0 Å². The number of hydrogen-bond acceptors (Lipinski definition) is 2. The van der Waals surface area contributed by atoms with Crippen LogP contribution in [0.2, 0.25) is 0 Å². The van der Waals surface area contributed by atoms with Gasteiger partial charge in [0.05, 0.1) is 0 Å². The molecule has 0 nitrogen and oxygen atoms in total. The van der Waals surface area contributed by atoms with Crippen LogP contribution < -0.4 is 0 Å². The average molecular weight is 249 g/mol. The van der Waals surface area contributed by atoms with E-state index < -0.39 is 0 Å². The highest BCUT2D eigenvalue weighted by Crippen LogP contribution is 2.21. The summed E-state index contributed by atoms with van der Waals surface area (Å²) in [6, 6.07) is 0. The molecule has 0 radical (unpaired) electrons. The Morgan fingerprint density at radius 3 is 1.87 bits per heavy atom. The molecule has 0 fully saturated rings. The third-order valence-corrected chi connectivity index (χ3v) is 4.44. The normalized spacial score (nSPS) is 12.0. The number of unbranched alkanes of at least 4 members (excludes halogenated alkanes) is 1. The van der Waals surface area contributed by atoms with E-state index in [0.717, 1.165) is 0 Å². The topological polar surface area (TPSA) is 0 Å². The van der Waals surface area contributed by atoms with E-state index >= 15 is 0 Å². The SMILES string of the molecule is CCCCSCCCSCCC(C)(C)C. The lowest BCUT2D eigenvalue weighted by molar-refractivity contribution is 0.401. The minimum absolute atomic E-state index is 0.517. The summed E-state index contributed by atoms with van der Waals surface area (Å²) in [4.78, 5) is 0. The Balaban J connectivity index is 2.99. The molecule has 0 atom stereocenters. The van der Waals surface area contributed by atoms with Crippen LogP contribution in [0.25, 0.3) is 0 Å². The smallest absolute Gasteiger partial charge is 0.00597 e. The molecule has 0 aromatic heterocycles. The van der Waals surface area contributed by atoms with E-state index in [2.05, 4.69) is 51.2 Å². The van der Waals surface area contributed by atoms with Crippen molar-refractivity contribution in [1.29, 1.82) is 0 Å². The van der Waals surface area contributed by atoms with Gasteiger partial charge >= 0.3 is 0 Å². The Kier molecular flexibility index (Phi) is 10.4. The van der Waals surface area contributed by atoms with Gasteiger partial charge in [-0.2, -0.15) is 23.5 Å². The van der Waals surface area contributed by atoms with Crippen molar-refractivity contribution in [3.63, 3.8) is 0 Å². The lowest BCUT2D eigenvalue weighted by Gasteiger charge is -2.17. The average Bonchev–Trinajstić information content (AvgIpc) is 2.14. The molecule has 0 aromatic carbocycles. The molecule has 92 valence electrons. The third kappa shape index (κ3) is 14.7. The second-order valence-electron chi connectivity index (χ2n) is 5.24. The van der Waals surface area contributed by atoms with E-state index in [1.54, 1.807) is 0 Å². The molecule has 0 N–H and O–H groups in total. The zero-order chi connectivity index (χ0) is 11.6. The fourth-order valence-electron chi connectivity index (χ4n) is 1.09. The van der Waals surface area contributed by atoms with Gasteiger partial charge in [0, 0.05) is 0 Å². The molecular weight excluding hydrogens is 220 g/mol. The first-order chi connectivity index (χ1) is 7.06. The summed E-state index contributed by atoms with van der Waals surface area (Å²) in [7, 11) is 0. The standard InChI is InChI=1S/C13H28S2/c1-5-6-9-14-10-7-11-15-12-8-13(2,3)4/h5-12H2,1-4H3. The summed E-state index contributed by atoms with van der Waals surface area (Å²) in [5.41, 5.74) is 0.517. The van der Waals surface area contributed by atoms with Crippen LogP contribution in [0.5, 0.6) is 0 Å². The fraction of sp³-hybridized carbons (Fsp3) is 1.00. The summed E-state index contributed by atoms with van der Waals surface area (Å²) < 4.78 is 0. The minimum atomic E-state index is 0.517. The molecule has 0 saturated heterocycles. The molecule has 0 rings (SSSR count). The monoisotopic (exact) mass is 248 g/mol. The van der Waals surface area contributed by atoms with Crippen molar-refractivity contribution in [3.8, 4) is 0 Å². The molecule has 0 aliphatic carbocycles. The Hall–Kier alpha value is 0.700. The predicted octanol–water partition coefficient (Wildman–Crippen LogP) is 5.08. The van der Waals surface area contributed by atoms with Gasteiger partial charge in [-0.25, -0.2) is 0 Å². The van der Waals surface area contributed by atoms with Gasteiger partial charge in [-0.15, -0.1) is 0 Å². The molecule has 0 saturated carbocycles. The van der Waals surface area contributed by atoms with E-state index in [4.69, 9.17) is 0 Å². The van der Waals surface area contributed by atoms with Crippen LogP contribution in [0.1, 0.15) is 53.4 Å². The van der Waals surface area contributed by atoms with Crippen molar-refractivity contribution < 1.29 is 0 Å². The minimum Gasteiger partial charge on any atom is -0.162 e. The molecule has 0 aliphatic rings. The van der Waals surface area contributed by atoms with Crippen LogP contribution in [0, 0.1) is 5.41 Å². The maximum Gasteiger partial charge on any atom is -0.00597 e. The summed E-state index contributed by atoms with van der Waals surface area (Å²) in [5, 5.41) is 0. The number of rotatable bonds is 9. The van der Waals surface area contributed by atoms with Gasteiger partial charge in [0.15, 0.2) is 0 Å². The van der Waals surface area contributed by atoms with E-state index in [0.29, 0.717) is 5.41 Å². The summed E-state index contributed by atoms with van der Waals surface area (Å²) >= 11 is 4.26. The van der Waals surface area contributed by atoms with Gasteiger partial charge < -0.3 is 0 Å². The molecule has 0 amide bonds. The molecule has 0 bridgehead atoms. The summed E-state index contributed by atoms with van der Waals surface area (Å²) in [6.07, 6.45) is 5.47. The van der Waals surface area contributed by atoms with Gasteiger partial charge in [0.1, 0.15) is 0 Å². The molecule has 0 aromatic rings. The van der Waals surface area contributed by atoms with Gasteiger partial charge in [0.25, 0.3) is 0 Å². The van der Waals surface area contributed by atoms with Gasteiger partial charge in [-0.05, 0) is 47.7 Å². The van der Waals surface area contributed by atoms with Crippen LogP contribution in [-0.2, 0) is 0 Å². The molecule has 0 unspecified atom stereocenters. The number of thioether (sulfide) groups is 2. The van der Waals surface area contributed by atoms with Crippen LogP contribution in [-0.4, -0.2) is 23.0 Å². The molecular formula is C13H28S2. The van der Waals surface area contributed by atoms with Crippen molar-refractivity contribution in [2.45, 2.75) is 53.4 Å². The molecule has 0 heterocycles. The van der Waals surface area contributed by atoms with Gasteiger partial charge in [0.2, 0.25) is 0 Å². The molecule has 0 aliphatic heterocycles. The van der Waals surface area contributed by atoms with Crippen molar-refractivity contribution in [2.75, 3.05) is 23.0 Å². The first-order valence-electron chi connectivity index (χ1n) is 6.22. The number of hydrogen-bond donors (Lipinski definition) is 0. The van der Waals surface area contributed by atoms with Gasteiger partial charge in [-0.3, -0.25) is 0 Å². The van der Waals surface area contributed by atoms with E-state index in [1.165, 1.54) is 48.7 Å². The molecule has 2 heteroatoms. The highest BCUT2D eigenvalue weighted by atomic mass is 32.2. The first-order valence-corrected chi connectivity index (χ1v) is 8.52. The zero-order valence-electron chi connectivity index (χ0n) is 11.0. The Morgan fingerprint density at radius 2 is 1.33 bits per heavy atom. The predicted molar refractivity (Wildman–Crippen MR) is 78.2 cm³/mol. The van der Waals surface area contributed by atoms with Crippen molar-refractivity contribution in [1.82, 2.24) is 0 Å². The molecule has 15 heavy (non-hydrogen) atoms. The highest BCUT2D eigenvalue weighted by molar-refractivity contribution is 8.00. The second kappa shape index (κ2) is 9.89. The van der Waals surface area contributed by atoms with E-state index in [9.17, 15) is 0 Å². The van der Waals surface area contributed by atoms with E-state index in [-0.39, 0.29) is 0 Å². The van der Waals surface area contributed by atoms with Crippen LogP contribution in [0.3, 0.4) is 0 Å². The van der Waals surface area contributed by atoms with Crippen LogP contribution >= 0.6 is 23.5 Å². The maximum absolute atomic E-state index is 2.33. The third-order valence-electron chi connectivity index (χ3n) is 2.22. The van der Waals surface area contributed by atoms with Crippen molar-refractivity contribution in [3.05, 3.63) is 0 Å². The van der Waals surface area contributed by atoms with Crippen molar-refractivity contribution in [2.24, 2.45) is 5.41 Å². The fourth-order valence-corrected chi connectivity index (χ4v) is 3.63. The largest absolute Gasteiger partial charge is 0.162 e. The molecule has 0 spiro atoms. The van der Waals surface area contributed by atoms with Crippen molar-refractivity contribution >= 4 is 23.5 Å². The Labute approximate surface area is 105 Å². The summed E-state index contributed by atoms with van der Waals surface area (Å²) in [5.74, 6) is 5.42. The second-order valence-corrected chi connectivity index (χ2v) is 7.69. The van der Waals surface area contributed by atoms with Crippen LogP contribution in [0.15, 0.2) is 0 Å². The Morgan fingerprint density at radius 1 is 0.800 bits per heavy atom. The first kappa shape index (κ1) is 15.7. The van der Waals surface area contributed by atoms with Crippen LogP contribution in [0.4, 0.5) is 0 Å². The lowest BCUT2D eigenvalue weighted by Crippen LogP contribution is -2.06.